The number of likely N-dealkylation sites (N-methyl/N-ethyl adjacent to an activating group) is 1. The fourth-order valence-corrected chi connectivity index (χ4v) is 3.15. The molecule has 2 aliphatic rings. The van der Waals surface area contributed by atoms with Crippen LogP contribution in [-0.4, -0.2) is 46.1 Å². The molecule has 1 unspecified atom stereocenters. The highest BCUT2D eigenvalue weighted by Crippen LogP contribution is 2.38. The van der Waals surface area contributed by atoms with Crippen LogP contribution in [0.3, 0.4) is 0 Å². The van der Waals surface area contributed by atoms with E-state index in [-0.39, 0.29) is 0 Å². The smallest absolute Gasteiger partial charge is 0.147 e. The highest BCUT2D eigenvalue weighted by atomic mass is 15.3. The average molecular weight is 310 g/mol. The van der Waals surface area contributed by atoms with Crippen LogP contribution in [0, 0.1) is 6.92 Å². The van der Waals surface area contributed by atoms with Gasteiger partial charge in [-0.2, -0.15) is 0 Å². The van der Waals surface area contributed by atoms with Gasteiger partial charge in [-0.3, -0.25) is 4.98 Å². The minimum absolute atomic E-state index is 0.444. The van der Waals surface area contributed by atoms with Crippen molar-refractivity contribution >= 4 is 11.6 Å². The zero-order valence-corrected chi connectivity index (χ0v) is 13.7. The van der Waals surface area contributed by atoms with Crippen molar-refractivity contribution in [2.45, 2.75) is 38.1 Å². The topological polar surface area (TPSA) is 58.0 Å². The molecule has 6 nitrogen and oxygen atoms in total. The van der Waals surface area contributed by atoms with E-state index < -0.39 is 0 Å². The van der Waals surface area contributed by atoms with Crippen molar-refractivity contribution in [3.05, 3.63) is 36.2 Å². The van der Waals surface area contributed by atoms with Gasteiger partial charge in [0, 0.05) is 44.5 Å². The van der Waals surface area contributed by atoms with Crippen LogP contribution >= 0.6 is 0 Å². The summed E-state index contributed by atoms with van der Waals surface area (Å²) in [6.45, 7) is 3.95. The van der Waals surface area contributed by atoms with E-state index in [4.69, 9.17) is 4.98 Å². The van der Waals surface area contributed by atoms with Crippen LogP contribution in [0.2, 0.25) is 0 Å². The van der Waals surface area contributed by atoms with Gasteiger partial charge in [-0.1, -0.05) is 0 Å². The lowest BCUT2D eigenvalue weighted by Gasteiger charge is -2.26. The summed E-state index contributed by atoms with van der Waals surface area (Å²) in [7, 11) is 2.13. The van der Waals surface area contributed by atoms with E-state index in [0.29, 0.717) is 12.0 Å². The minimum atomic E-state index is 0.444. The summed E-state index contributed by atoms with van der Waals surface area (Å²) in [6, 6.07) is 2.46. The largest absolute Gasteiger partial charge is 0.355 e. The van der Waals surface area contributed by atoms with Crippen molar-refractivity contribution in [2.75, 3.05) is 29.9 Å². The summed E-state index contributed by atoms with van der Waals surface area (Å²) >= 11 is 0. The van der Waals surface area contributed by atoms with Gasteiger partial charge in [0.25, 0.3) is 0 Å². The first-order valence-electron chi connectivity index (χ1n) is 8.30. The Morgan fingerprint density at radius 2 is 2.04 bits per heavy atom. The highest BCUT2D eigenvalue weighted by Gasteiger charge is 2.30. The predicted molar refractivity (Wildman–Crippen MR) is 89.8 cm³/mol. The first-order valence-corrected chi connectivity index (χ1v) is 8.30. The van der Waals surface area contributed by atoms with Gasteiger partial charge in [0.05, 0.1) is 11.9 Å². The Balaban J connectivity index is 1.47. The molecule has 2 aromatic heterocycles. The fourth-order valence-electron chi connectivity index (χ4n) is 3.15. The summed E-state index contributed by atoms with van der Waals surface area (Å²) in [4.78, 5) is 22.6. The van der Waals surface area contributed by atoms with Crippen LogP contribution < -0.4 is 9.80 Å². The molecule has 2 aromatic rings. The maximum atomic E-state index is 4.76. The van der Waals surface area contributed by atoms with E-state index in [0.717, 1.165) is 42.7 Å². The molecule has 0 amide bonds. The van der Waals surface area contributed by atoms with E-state index in [1.54, 1.807) is 6.20 Å². The summed E-state index contributed by atoms with van der Waals surface area (Å²) < 4.78 is 0. The van der Waals surface area contributed by atoms with Crippen LogP contribution in [0.15, 0.2) is 24.7 Å². The number of rotatable bonds is 4. The third-order valence-corrected chi connectivity index (χ3v) is 4.74. The first-order chi connectivity index (χ1) is 11.2. The lowest BCUT2D eigenvalue weighted by molar-refractivity contribution is 0.679. The van der Waals surface area contributed by atoms with Crippen LogP contribution in [0.25, 0.3) is 0 Å². The molecule has 1 saturated carbocycles. The molecule has 4 rings (SSSR count). The van der Waals surface area contributed by atoms with Crippen molar-refractivity contribution in [1.82, 2.24) is 19.9 Å². The van der Waals surface area contributed by atoms with E-state index in [9.17, 15) is 0 Å². The van der Waals surface area contributed by atoms with Crippen LogP contribution in [-0.2, 0) is 0 Å². The minimum Gasteiger partial charge on any atom is -0.355 e. The predicted octanol–water partition coefficient (Wildman–Crippen LogP) is 2.17. The number of anilines is 2. The summed E-state index contributed by atoms with van der Waals surface area (Å²) in [6.07, 6.45) is 9.11. The Morgan fingerprint density at radius 3 is 2.83 bits per heavy atom. The Kier molecular flexibility index (Phi) is 3.59. The molecule has 1 aliphatic heterocycles. The molecule has 1 atom stereocenters. The van der Waals surface area contributed by atoms with E-state index in [2.05, 4.69) is 31.8 Å². The fraction of sp³-hybridized carbons (Fsp3) is 0.529. The monoisotopic (exact) mass is 310 g/mol. The van der Waals surface area contributed by atoms with Crippen LogP contribution in [0.1, 0.15) is 36.7 Å². The molecule has 1 saturated heterocycles. The Labute approximate surface area is 136 Å². The quantitative estimate of drug-likeness (QED) is 0.862. The van der Waals surface area contributed by atoms with Gasteiger partial charge in [-0.05, 0) is 32.3 Å². The highest BCUT2D eigenvalue weighted by molar-refractivity contribution is 5.43. The van der Waals surface area contributed by atoms with E-state index in [1.807, 2.05) is 25.4 Å². The van der Waals surface area contributed by atoms with Crippen molar-refractivity contribution in [2.24, 2.45) is 0 Å². The van der Waals surface area contributed by atoms with Crippen molar-refractivity contribution in [3.8, 4) is 0 Å². The molecule has 2 fully saturated rings. The van der Waals surface area contributed by atoms with Crippen molar-refractivity contribution < 1.29 is 0 Å². The molecular formula is C17H22N6. The second kappa shape index (κ2) is 5.76. The lowest BCUT2D eigenvalue weighted by Crippen LogP contribution is -2.35. The molecule has 23 heavy (non-hydrogen) atoms. The van der Waals surface area contributed by atoms with E-state index in [1.165, 1.54) is 12.8 Å². The number of hydrogen-bond donors (Lipinski definition) is 0. The Bertz CT molecular complexity index is 699. The molecule has 3 heterocycles. The van der Waals surface area contributed by atoms with E-state index >= 15 is 0 Å². The summed E-state index contributed by atoms with van der Waals surface area (Å²) in [5.74, 6) is 3.60. The molecule has 120 valence electrons. The summed E-state index contributed by atoms with van der Waals surface area (Å²) in [5.41, 5.74) is 0.962. The Morgan fingerprint density at radius 1 is 1.17 bits per heavy atom. The standard InChI is InChI=1S/C17H22N6/c1-12-9-18-10-16(20-12)23-8-6-14(11-23)22(2)15-5-7-19-17(21-15)13-3-4-13/h5,7,9-10,13-14H,3-4,6,8,11H2,1-2H3. The van der Waals surface area contributed by atoms with Crippen LogP contribution in [0.4, 0.5) is 11.6 Å². The summed E-state index contributed by atoms with van der Waals surface area (Å²) in [5, 5.41) is 0. The SMILES string of the molecule is Cc1cncc(N2CCC(N(C)c3ccnc(C4CC4)n3)C2)n1. The van der Waals surface area contributed by atoms with Gasteiger partial charge < -0.3 is 9.80 Å². The first kappa shape index (κ1) is 14.4. The van der Waals surface area contributed by atoms with Gasteiger partial charge in [0.1, 0.15) is 17.5 Å². The normalized spacial score (nSPS) is 20.8. The second-order valence-electron chi connectivity index (χ2n) is 6.57. The molecule has 1 aliphatic carbocycles. The maximum Gasteiger partial charge on any atom is 0.147 e. The van der Waals surface area contributed by atoms with Gasteiger partial charge in [-0.25, -0.2) is 15.0 Å². The van der Waals surface area contributed by atoms with Gasteiger partial charge in [-0.15, -0.1) is 0 Å². The van der Waals surface area contributed by atoms with Crippen molar-refractivity contribution in [3.63, 3.8) is 0 Å². The lowest BCUT2D eigenvalue weighted by atomic mass is 10.2. The third-order valence-electron chi connectivity index (χ3n) is 4.74. The Hall–Kier alpha value is -2.24. The maximum absolute atomic E-state index is 4.76. The van der Waals surface area contributed by atoms with Gasteiger partial charge in [0.15, 0.2) is 0 Å². The number of hydrogen-bond acceptors (Lipinski definition) is 6. The average Bonchev–Trinajstić information content (AvgIpc) is 3.31. The number of nitrogens with zero attached hydrogens (tertiary/aromatic N) is 6. The molecule has 0 N–H and O–H groups in total. The molecule has 6 heteroatoms. The van der Waals surface area contributed by atoms with Gasteiger partial charge >= 0.3 is 0 Å². The number of aryl methyl sites for hydroxylation is 1. The number of aromatic nitrogens is 4. The zero-order valence-electron chi connectivity index (χ0n) is 13.7. The molecular weight excluding hydrogens is 288 g/mol. The molecule has 0 radical (unpaired) electrons. The second-order valence-corrected chi connectivity index (χ2v) is 6.57. The molecule has 0 spiro atoms. The molecule has 0 bridgehead atoms. The third kappa shape index (κ3) is 2.98. The van der Waals surface area contributed by atoms with Gasteiger partial charge in [0.2, 0.25) is 0 Å². The van der Waals surface area contributed by atoms with Crippen molar-refractivity contribution in [1.29, 1.82) is 0 Å². The zero-order chi connectivity index (χ0) is 15.8. The van der Waals surface area contributed by atoms with Crippen LogP contribution in [0.5, 0.6) is 0 Å². The molecule has 0 aromatic carbocycles.